The van der Waals surface area contributed by atoms with Gasteiger partial charge in [-0.05, 0) is 39.8 Å². The van der Waals surface area contributed by atoms with E-state index in [2.05, 4.69) is 10.6 Å². The first kappa shape index (κ1) is 24.7. The van der Waals surface area contributed by atoms with Crippen LogP contribution in [0, 0.1) is 0 Å². The van der Waals surface area contributed by atoms with Gasteiger partial charge < -0.3 is 24.8 Å². The number of para-hydroxylation sites is 2. The first-order valence-corrected chi connectivity index (χ1v) is 10.4. The Balaban J connectivity index is 2.04. The smallest absolute Gasteiger partial charge is 0.407 e. The summed E-state index contributed by atoms with van der Waals surface area (Å²) in [4.78, 5) is 37.1. The Morgan fingerprint density at radius 2 is 1.62 bits per heavy atom. The molecule has 2 amide bonds. The molecule has 0 bridgehead atoms. The molecule has 1 atom stereocenters. The number of alkyl carbamates (subject to hydrolysis) is 1. The van der Waals surface area contributed by atoms with Gasteiger partial charge in [0, 0.05) is 12.1 Å². The minimum Gasteiger partial charge on any atom is -0.492 e. The predicted molar refractivity (Wildman–Crippen MR) is 120 cm³/mol. The van der Waals surface area contributed by atoms with Crippen molar-refractivity contribution in [3.05, 3.63) is 60.2 Å². The maximum absolute atomic E-state index is 13.0. The third-order valence-electron chi connectivity index (χ3n) is 4.03. The van der Waals surface area contributed by atoms with Crippen molar-refractivity contribution in [2.75, 3.05) is 18.5 Å². The summed E-state index contributed by atoms with van der Waals surface area (Å²) in [6.07, 6.45) is -1.92. The van der Waals surface area contributed by atoms with Crippen LogP contribution in [0.2, 0.25) is 0 Å². The summed E-state index contributed by atoms with van der Waals surface area (Å²) in [5.41, 5.74) is 0.356. The lowest BCUT2D eigenvalue weighted by Gasteiger charge is -2.20. The lowest BCUT2D eigenvalue weighted by Crippen LogP contribution is -2.34. The van der Waals surface area contributed by atoms with Crippen molar-refractivity contribution < 1.29 is 28.6 Å². The van der Waals surface area contributed by atoms with Crippen LogP contribution in [0.15, 0.2) is 54.6 Å². The van der Waals surface area contributed by atoms with Crippen molar-refractivity contribution in [2.24, 2.45) is 0 Å². The molecule has 1 unspecified atom stereocenters. The third kappa shape index (κ3) is 8.29. The first-order valence-electron chi connectivity index (χ1n) is 10.4. The molecule has 0 saturated heterocycles. The molecule has 0 aliphatic carbocycles. The molecule has 0 aliphatic heterocycles. The largest absolute Gasteiger partial charge is 0.492 e. The van der Waals surface area contributed by atoms with E-state index in [9.17, 15) is 14.4 Å². The monoisotopic (exact) mass is 442 g/mol. The molecule has 2 N–H and O–H groups in total. The van der Waals surface area contributed by atoms with Crippen LogP contribution >= 0.6 is 0 Å². The molecular weight excluding hydrogens is 412 g/mol. The molecule has 0 spiro atoms. The van der Waals surface area contributed by atoms with E-state index >= 15 is 0 Å². The fourth-order valence-electron chi connectivity index (χ4n) is 2.72. The third-order valence-corrected chi connectivity index (χ3v) is 4.03. The lowest BCUT2D eigenvalue weighted by atomic mass is 10.1. The van der Waals surface area contributed by atoms with E-state index in [0.717, 1.165) is 0 Å². The minimum atomic E-state index is -1.17. The molecule has 0 aromatic heterocycles. The Hall–Kier alpha value is -3.55. The van der Waals surface area contributed by atoms with Gasteiger partial charge in [-0.3, -0.25) is 9.59 Å². The summed E-state index contributed by atoms with van der Waals surface area (Å²) in [6, 6.07) is 15.7. The Morgan fingerprint density at radius 1 is 0.969 bits per heavy atom. The van der Waals surface area contributed by atoms with Gasteiger partial charge >= 0.3 is 12.1 Å². The minimum absolute atomic E-state index is 0.0179. The molecule has 2 aromatic carbocycles. The highest BCUT2D eigenvalue weighted by atomic mass is 16.6. The van der Waals surface area contributed by atoms with Gasteiger partial charge in [-0.1, -0.05) is 42.5 Å². The number of rotatable bonds is 9. The fraction of sp³-hybridized carbons (Fsp3) is 0.375. The standard InChI is InChI=1S/C24H30N2O6/c1-5-30-19-14-10-9-13-18(19)26-22(28)21(17-11-7-6-8-12-17)31-20(27)15-16-25-23(29)32-24(2,3)4/h6-14,21H,5,15-16H2,1-4H3,(H,25,29)(H,26,28). The summed E-state index contributed by atoms with van der Waals surface area (Å²) in [5.74, 6) is -0.636. The topological polar surface area (TPSA) is 103 Å². The van der Waals surface area contributed by atoms with Crippen molar-refractivity contribution in [3.8, 4) is 5.75 Å². The summed E-state index contributed by atoms with van der Waals surface area (Å²) in [5, 5.41) is 5.26. The van der Waals surface area contributed by atoms with E-state index in [0.29, 0.717) is 23.6 Å². The van der Waals surface area contributed by atoms with E-state index in [-0.39, 0.29) is 13.0 Å². The molecule has 172 valence electrons. The molecule has 32 heavy (non-hydrogen) atoms. The molecule has 0 radical (unpaired) electrons. The number of anilines is 1. The van der Waals surface area contributed by atoms with Gasteiger partial charge in [0.1, 0.15) is 11.4 Å². The number of benzene rings is 2. The number of amides is 2. The number of carbonyl (C=O) groups excluding carboxylic acids is 3. The summed E-state index contributed by atoms with van der Waals surface area (Å²) >= 11 is 0. The van der Waals surface area contributed by atoms with Crippen LogP contribution in [-0.2, 0) is 19.1 Å². The molecule has 8 heteroatoms. The zero-order chi connectivity index (χ0) is 23.6. The quantitative estimate of drug-likeness (QED) is 0.564. The molecule has 0 heterocycles. The second-order valence-corrected chi connectivity index (χ2v) is 7.88. The van der Waals surface area contributed by atoms with Crippen molar-refractivity contribution in [2.45, 2.75) is 45.8 Å². The van der Waals surface area contributed by atoms with Crippen LogP contribution < -0.4 is 15.4 Å². The highest BCUT2D eigenvalue weighted by Crippen LogP contribution is 2.26. The van der Waals surface area contributed by atoms with Crippen LogP contribution in [0.25, 0.3) is 0 Å². The number of hydrogen-bond acceptors (Lipinski definition) is 6. The van der Waals surface area contributed by atoms with Crippen LogP contribution in [0.3, 0.4) is 0 Å². The highest BCUT2D eigenvalue weighted by molar-refractivity contribution is 5.97. The van der Waals surface area contributed by atoms with E-state index < -0.39 is 29.7 Å². The van der Waals surface area contributed by atoms with Gasteiger partial charge in [0.05, 0.1) is 18.7 Å². The van der Waals surface area contributed by atoms with Crippen molar-refractivity contribution >= 4 is 23.7 Å². The maximum Gasteiger partial charge on any atom is 0.407 e. The van der Waals surface area contributed by atoms with Crippen molar-refractivity contribution in [3.63, 3.8) is 0 Å². The molecule has 0 fully saturated rings. The van der Waals surface area contributed by atoms with Gasteiger partial charge in [-0.15, -0.1) is 0 Å². The van der Waals surface area contributed by atoms with Gasteiger partial charge in [0.2, 0.25) is 6.10 Å². The first-order chi connectivity index (χ1) is 15.2. The number of carbonyl (C=O) groups is 3. The van der Waals surface area contributed by atoms with Crippen LogP contribution in [0.4, 0.5) is 10.5 Å². The highest BCUT2D eigenvalue weighted by Gasteiger charge is 2.26. The summed E-state index contributed by atoms with van der Waals surface area (Å²) in [7, 11) is 0. The Labute approximate surface area is 188 Å². The van der Waals surface area contributed by atoms with E-state index in [4.69, 9.17) is 14.2 Å². The van der Waals surface area contributed by atoms with Crippen molar-refractivity contribution in [1.82, 2.24) is 5.32 Å². The second kappa shape index (κ2) is 11.7. The van der Waals surface area contributed by atoms with Gasteiger partial charge in [0.25, 0.3) is 5.91 Å². The van der Waals surface area contributed by atoms with Crippen LogP contribution in [-0.4, -0.2) is 36.7 Å². The molecule has 2 rings (SSSR count). The second-order valence-electron chi connectivity index (χ2n) is 7.88. The number of esters is 1. The average Bonchev–Trinajstić information content (AvgIpc) is 2.73. The van der Waals surface area contributed by atoms with Gasteiger partial charge in [0.15, 0.2) is 0 Å². The summed E-state index contributed by atoms with van der Waals surface area (Å²) < 4.78 is 16.1. The molecular formula is C24H30N2O6. The SMILES string of the molecule is CCOc1ccccc1NC(=O)C(OC(=O)CCNC(=O)OC(C)(C)C)c1ccccc1. The van der Waals surface area contributed by atoms with Gasteiger partial charge in [-0.2, -0.15) is 0 Å². The molecule has 0 saturated carbocycles. The number of nitrogens with one attached hydrogen (secondary N) is 2. The Morgan fingerprint density at radius 3 is 2.28 bits per heavy atom. The zero-order valence-electron chi connectivity index (χ0n) is 18.8. The number of hydrogen-bond donors (Lipinski definition) is 2. The Bertz CT molecular complexity index is 908. The average molecular weight is 443 g/mol. The van der Waals surface area contributed by atoms with E-state index in [1.165, 1.54) is 0 Å². The summed E-state index contributed by atoms with van der Waals surface area (Å²) in [6.45, 7) is 7.53. The normalized spacial score (nSPS) is 11.8. The molecule has 8 nitrogen and oxygen atoms in total. The maximum atomic E-state index is 13.0. The van der Waals surface area contributed by atoms with Crippen LogP contribution in [0.5, 0.6) is 5.75 Å². The van der Waals surface area contributed by atoms with E-state index in [1.807, 2.05) is 6.92 Å². The van der Waals surface area contributed by atoms with E-state index in [1.54, 1.807) is 75.4 Å². The zero-order valence-corrected chi connectivity index (χ0v) is 18.8. The molecule has 0 aliphatic rings. The fourth-order valence-corrected chi connectivity index (χ4v) is 2.72. The van der Waals surface area contributed by atoms with Crippen LogP contribution in [0.1, 0.15) is 45.8 Å². The number of ether oxygens (including phenoxy) is 3. The lowest BCUT2D eigenvalue weighted by molar-refractivity contribution is -0.154. The van der Waals surface area contributed by atoms with Gasteiger partial charge in [-0.25, -0.2) is 4.79 Å². The Kier molecular flexibility index (Phi) is 9.07. The predicted octanol–water partition coefficient (Wildman–Crippen LogP) is 4.22. The van der Waals surface area contributed by atoms with Crippen molar-refractivity contribution in [1.29, 1.82) is 0 Å². The molecule has 2 aromatic rings.